The highest BCUT2D eigenvalue weighted by Crippen LogP contribution is 2.23. The van der Waals surface area contributed by atoms with E-state index < -0.39 is 0 Å². The number of rotatable bonds is 4. The average Bonchev–Trinajstić information content (AvgIpc) is 2.97. The van der Waals surface area contributed by atoms with Crippen molar-refractivity contribution in [3.05, 3.63) is 59.5 Å². The zero-order valence-electron chi connectivity index (χ0n) is 14.5. The lowest BCUT2D eigenvalue weighted by Gasteiger charge is -2.18. The van der Waals surface area contributed by atoms with Crippen LogP contribution in [0, 0.1) is 0 Å². The quantitative estimate of drug-likeness (QED) is 0.740. The van der Waals surface area contributed by atoms with Gasteiger partial charge in [0.25, 0.3) is 5.91 Å². The first-order chi connectivity index (χ1) is 11.5. The van der Waals surface area contributed by atoms with Gasteiger partial charge in [-0.05, 0) is 18.1 Å². The van der Waals surface area contributed by atoms with E-state index in [9.17, 15) is 4.79 Å². The third-order valence-corrected chi connectivity index (χ3v) is 4.08. The van der Waals surface area contributed by atoms with Crippen LogP contribution in [0.4, 0.5) is 0 Å². The molecule has 0 saturated carbocycles. The number of benzene rings is 1. The molecule has 1 aromatic carbocycles. The zero-order valence-corrected chi connectivity index (χ0v) is 14.5. The number of fused-ring (bicyclic) bond motifs is 1. The molecule has 0 unspecified atom stereocenters. The fourth-order valence-corrected chi connectivity index (χ4v) is 2.77. The number of hydrogen-bond acceptors (Lipinski definition) is 3. The molecular formula is C19H22N4O. The Morgan fingerprint density at radius 2 is 2.04 bits per heavy atom. The molecule has 3 aromatic rings. The van der Waals surface area contributed by atoms with Gasteiger partial charge in [0.05, 0.1) is 17.3 Å². The molecule has 5 nitrogen and oxygen atoms in total. The lowest BCUT2D eigenvalue weighted by molar-refractivity contribution is 0.0787. The Hall–Kier alpha value is -2.69. The van der Waals surface area contributed by atoms with Crippen LogP contribution in [-0.4, -0.2) is 32.6 Å². The number of nitrogens with zero attached hydrogens (tertiary/aromatic N) is 4. The molecule has 0 aliphatic rings. The number of hydrogen-bond donors (Lipinski definition) is 0. The van der Waals surface area contributed by atoms with Crippen LogP contribution in [0.5, 0.6) is 0 Å². The first-order valence-corrected chi connectivity index (χ1v) is 8.08. The van der Waals surface area contributed by atoms with E-state index in [1.165, 1.54) is 0 Å². The van der Waals surface area contributed by atoms with Crippen molar-refractivity contribution in [3.63, 3.8) is 0 Å². The summed E-state index contributed by atoms with van der Waals surface area (Å²) < 4.78 is 1.74. The number of aryl methyl sites for hydroxylation is 1. The Balaban J connectivity index is 1.98. The maximum atomic E-state index is 13.0. The summed E-state index contributed by atoms with van der Waals surface area (Å²) in [6, 6.07) is 9.73. The summed E-state index contributed by atoms with van der Waals surface area (Å²) in [5.41, 5.74) is 3.51. The van der Waals surface area contributed by atoms with Crippen LogP contribution in [0.2, 0.25) is 0 Å². The SMILES string of the molecule is CC(C)c1cc(C(=O)N(C)Cc2cnn(C)c2)c2ccccc2n1. The monoisotopic (exact) mass is 322 g/mol. The molecule has 124 valence electrons. The number of pyridine rings is 1. The van der Waals surface area contributed by atoms with E-state index in [4.69, 9.17) is 0 Å². The molecule has 5 heteroatoms. The van der Waals surface area contributed by atoms with Crippen molar-refractivity contribution in [3.8, 4) is 0 Å². The maximum absolute atomic E-state index is 13.0. The Kier molecular flexibility index (Phi) is 4.34. The van der Waals surface area contributed by atoms with Gasteiger partial charge in [-0.3, -0.25) is 14.5 Å². The van der Waals surface area contributed by atoms with Gasteiger partial charge >= 0.3 is 0 Å². The largest absolute Gasteiger partial charge is 0.337 e. The summed E-state index contributed by atoms with van der Waals surface area (Å²) in [7, 11) is 3.69. The van der Waals surface area contributed by atoms with E-state index >= 15 is 0 Å². The summed E-state index contributed by atoms with van der Waals surface area (Å²) in [6.45, 7) is 4.70. The molecule has 0 aliphatic heterocycles. The Morgan fingerprint density at radius 1 is 1.29 bits per heavy atom. The molecule has 0 radical (unpaired) electrons. The number of carbonyl (C=O) groups is 1. The zero-order chi connectivity index (χ0) is 17.3. The summed E-state index contributed by atoms with van der Waals surface area (Å²) in [6.07, 6.45) is 3.71. The van der Waals surface area contributed by atoms with Crippen molar-refractivity contribution >= 4 is 16.8 Å². The number of amides is 1. The minimum atomic E-state index is -0.000599. The minimum absolute atomic E-state index is 0.000599. The molecule has 0 aliphatic carbocycles. The third-order valence-electron chi connectivity index (χ3n) is 4.08. The van der Waals surface area contributed by atoms with E-state index in [2.05, 4.69) is 23.9 Å². The van der Waals surface area contributed by atoms with E-state index in [0.29, 0.717) is 12.1 Å². The Bertz CT molecular complexity index is 882. The fraction of sp³-hybridized carbons (Fsp3) is 0.316. The van der Waals surface area contributed by atoms with Crippen LogP contribution in [0.1, 0.15) is 41.4 Å². The average molecular weight is 322 g/mol. The predicted molar refractivity (Wildman–Crippen MR) is 94.8 cm³/mol. The second kappa shape index (κ2) is 6.43. The van der Waals surface area contributed by atoms with Gasteiger partial charge < -0.3 is 4.90 Å². The summed E-state index contributed by atoms with van der Waals surface area (Å²) >= 11 is 0. The second-order valence-corrected chi connectivity index (χ2v) is 6.45. The molecular weight excluding hydrogens is 300 g/mol. The van der Waals surface area contributed by atoms with Gasteiger partial charge in [-0.1, -0.05) is 32.0 Å². The fourth-order valence-electron chi connectivity index (χ4n) is 2.77. The van der Waals surface area contributed by atoms with E-state index in [-0.39, 0.29) is 11.8 Å². The van der Waals surface area contributed by atoms with E-state index in [1.54, 1.807) is 15.8 Å². The standard InChI is InChI=1S/C19H22N4O/c1-13(2)18-9-16(15-7-5-6-8-17(15)21-18)19(24)22(3)11-14-10-20-23(4)12-14/h5-10,12-13H,11H2,1-4H3. The van der Waals surface area contributed by atoms with Crippen molar-refractivity contribution in [1.29, 1.82) is 0 Å². The maximum Gasteiger partial charge on any atom is 0.254 e. The molecule has 0 fully saturated rings. The van der Waals surface area contributed by atoms with Crippen molar-refractivity contribution in [1.82, 2.24) is 19.7 Å². The Morgan fingerprint density at radius 3 is 2.71 bits per heavy atom. The van der Waals surface area contributed by atoms with E-state index in [1.807, 2.05) is 50.6 Å². The molecule has 2 aromatic heterocycles. The van der Waals surface area contributed by atoms with Gasteiger partial charge in [0.1, 0.15) is 0 Å². The van der Waals surface area contributed by atoms with E-state index in [0.717, 1.165) is 22.2 Å². The highest BCUT2D eigenvalue weighted by atomic mass is 16.2. The van der Waals surface area contributed by atoms with Crippen LogP contribution in [0.25, 0.3) is 10.9 Å². The number of aromatic nitrogens is 3. The first-order valence-electron chi connectivity index (χ1n) is 8.08. The van der Waals surface area contributed by atoms with Crippen molar-refractivity contribution in [2.45, 2.75) is 26.3 Å². The summed E-state index contributed by atoms with van der Waals surface area (Å²) in [4.78, 5) is 19.4. The molecule has 0 N–H and O–H groups in total. The molecule has 3 rings (SSSR count). The minimum Gasteiger partial charge on any atom is -0.337 e. The number of carbonyl (C=O) groups excluding carboxylic acids is 1. The summed E-state index contributed by atoms with van der Waals surface area (Å²) in [5, 5.41) is 5.05. The summed E-state index contributed by atoms with van der Waals surface area (Å²) in [5.74, 6) is 0.268. The van der Waals surface area contributed by atoms with Crippen molar-refractivity contribution in [2.75, 3.05) is 7.05 Å². The topological polar surface area (TPSA) is 51.0 Å². The number of para-hydroxylation sites is 1. The molecule has 1 amide bonds. The van der Waals surface area contributed by atoms with Gasteiger partial charge in [0.2, 0.25) is 0 Å². The molecule has 2 heterocycles. The third kappa shape index (κ3) is 3.15. The smallest absolute Gasteiger partial charge is 0.254 e. The van der Waals surface area contributed by atoms with Crippen molar-refractivity contribution in [2.24, 2.45) is 7.05 Å². The van der Waals surface area contributed by atoms with Gasteiger partial charge in [-0.2, -0.15) is 5.10 Å². The highest BCUT2D eigenvalue weighted by Gasteiger charge is 2.18. The lowest BCUT2D eigenvalue weighted by atomic mass is 10.0. The first kappa shape index (κ1) is 16.2. The molecule has 0 atom stereocenters. The van der Waals surface area contributed by atoms with Gasteiger partial charge in [-0.25, -0.2) is 0 Å². The second-order valence-electron chi connectivity index (χ2n) is 6.45. The molecule has 0 bridgehead atoms. The van der Waals surface area contributed by atoms with Gasteiger partial charge in [0.15, 0.2) is 0 Å². The Labute approximate surface area is 141 Å². The van der Waals surface area contributed by atoms with Crippen LogP contribution in [0.15, 0.2) is 42.7 Å². The highest BCUT2D eigenvalue weighted by molar-refractivity contribution is 6.06. The van der Waals surface area contributed by atoms with Crippen LogP contribution < -0.4 is 0 Å². The normalized spacial score (nSPS) is 11.2. The van der Waals surface area contributed by atoms with Crippen molar-refractivity contribution < 1.29 is 4.79 Å². The van der Waals surface area contributed by atoms with Gasteiger partial charge in [-0.15, -0.1) is 0 Å². The molecule has 0 saturated heterocycles. The van der Waals surface area contributed by atoms with Crippen LogP contribution in [-0.2, 0) is 13.6 Å². The predicted octanol–water partition coefficient (Wildman–Crippen LogP) is 3.36. The molecule has 24 heavy (non-hydrogen) atoms. The van der Waals surface area contributed by atoms with Crippen LogP contribution in [0.3, 0.4) is 0 Å². The van der Waals surface area contributed by atoms with Crippen LogP contribution >= 0.6 is 0 Å². The lowest BCUT2D eigenvalue weighted by Crippen LogP contribution is -2.26. The van der Waals surface area contributed by atoms with Gasteiger partial charge in [0, 0.05) is 43.5 Å². The molecule has 0 spiro atoms.